The lowest BCUT2D eigenvalue weighted by atomic mass is 10.0. The Kier molecular flexibility index (Phi) is 7.66. The monoisotopic (exact) mass is 375 g/mol. The fourth-order valence-electron chi connectivity index (χ4n) is 3.24. The summed E-state index contributed by atoms with van der Waals surface area (Å²) in [6.45, 7) is 10.5. The third-order valence-electron chi connectivity index (χ3n) is 4.62. The lowest BCUT2D eigenvalue weighted by Crippen LogP contribution is -2.39. The number of carbonyl (C=O) groups excluding carboxylic acids is 2. The Balaban J connectivity index is 1.78. The Morgan fingerprint density at radius 1 is 1.26 bits per heavy atom. The van der Waals surface area contributed by atoms with Crippen molar-refractivity contribution in [2.75, 3.05) is 25.0 Å². The van der Waals surface area contributed by atoms with Gasteiger partial charge in [0, 0.05) is 30.4 Å². The topological polar surface area (TPSA) is 70.7 Å². The average molecular weight is 376 g/mol. The van der Waals surface area contributed by atoms with Crippen LogP contribution >= 0.6 is 0 Å². The van der Waals surface area contributed by atoms with Crippen LogP contribution < -0.4 is 10.6 Å². The summed E-state index contributed by atoms with van der Waals surface area (Å²) in [6, 6.07) is 7.52. The fraction of sp³-hybridized carbons (Fsp3) is 0.619. The number of anilines is 1. The van der Waals surface area contributed by atoms with Gasteiger partial charge in [-0.15, -0.1) is 0 Å². The van der Waals surface area contributed by atoms with E-state index in [0.29, 0.717) is 23.8 Å². The van der Waals surface area contributed by atoms with Crippen molar-refractivity contribution in [1.29, 1.82) is 0 Å². The molecule has 0 saturated carbocycles. The number of rotatable bonds is 6. The highest BCUT2D eigenvalue weighted by molar-refractivity contribution is 5.96. The number of ether oxygens (including phenoxy) is 1. The van der Waals surface area contributed by atoms with E-state index in [0.717, 1.165) is 19.5 Å². The molecule has 1 aliphatic heterocycles. The van der Waals surface area contributed by atoms with Crippen molar-refractivity contribution < 1.29 is 14.3 Å². The maximum Gasteiger partial charge on any atom is 0.412 e. The van der Waals surface area contributed by atoms with E-state index in [2.05, 4.69) is 22.5 Å². The first-order valence-corrected chi connectivity index (χ1v) is 9.87. The molecule has 1 aromatic carbocycles. The van der Waals surface area contributed by atoms with Gasteiger partial charge in [0.05, 0.1) is 0 Å². The number of carbonyl (C=O) groups is 2. The number of hydrogen-bond donors (Lipinski definition) is 2. The molecule has 0 unspecified atom stereocenters. The van der Waals surface area contributed by atoms with E-state index in [9.17, 15) is 9.59 Å². The minimum Gasteiger partial charge on any atom is -0.444 e. The first-order chi connectivity index (χ1) is 12.7. The molecule has 0 bridgehead atoms. The van der Waals surface area contributed by atoms with Crippen molar-refractivity contribution in [2.24, 2.45) is 0 Å². The molecule has 1 aromatic rings. The zero-order chi connectivity index (χ0) is 19.9. The molecule has 0 radical (unpaired) electrons. The lowest BCUT2D eigenvalue weighted by molar-refractivity contribution is 0.0635. The maximum atomic E-state index is 12.4. The van der Waals surface area contributed by atoms with E-state index in [1.165, 1.54) is 19.3 Å². The van der Waals surface area contributed by atoms with Gasteiger partial charge < -0.3 is 15.0 Å². The van der Waals surface area contributed by atoms with Crippen LogP contribution in [0, 0.1) is 0 Å². The van der Waals surface area contributed by atoms with E-state index in [1.54, 1.807) is 45.0 Å². The number of nitrogens with zero attached hydrogens (tertiary/aromatic N) is 1. The molecule has 2 rings (SSSR count). The number of amides is 2. The van der Waals surface area contributed by atoms with Crippen molar-refractivity contribution in [2.45, 2.75) is 65.0 Å². The Hall–Kier alpha value is -2.08. The lowest BCUT2D eigenvalue weighted by Gasteiger charge is -2.33. The Morgan fingerprint density at radius 2 is 2.04 bits per heavy atom. The first kappa shape index (κ1) is 21.2. The number of hydrogen-bond acceptors (Lipinski definition) is 4. The van der Waals surface area contributed by atoms with Crippen molar-refractivity contribution in [3.05, 3.63) is 29.8 Å². The van der Waals surface area contributed by atoms with Crippen LogP contribution in [0.1, 0.15) is 63.7 Å². The number of piperidine rings is 1. The van der Waals surface area contributed by atoms with Gasteiger partial charge in [-0.2, -0.15) is 0 Å². The van der Waals surface area contributed by atoms with Gasteiger partial charge in [-0.3, -0.25) is 10.1 Å². The summed E-state index contributed by atoms with van der Waals surface area (Å²) < 4.78 is 5.23. The molecule has 0 aliphatic carbocycles. The molecule has 150 valence electrons. The highest BCUT2D eigenvalue weighted by Gasteiger charge is 2.18. The highest BCUT2D eigenvalue weighted by atomic mass is 16.6. The largest absolute Gasteiger partial charge is 0.444 e. The molecule has 1 atom stereocenters. The SMILES string of the molecule is C[C@@H]1CCCCN1CCCNC(=O)c1cccc(NC(=O)OC(C)(C)C)c1. The fourth-order valence-corrected chi connectivity index (χ4v) is 3.24. The van der Waals surface area contributed by atoms with Crippen LogP contribution in [0.5, 0.6) is 0 Å². The minimum absolute atomic E-state index is 0.130. The Morgan fingerprint density at radius 3 is 2.74 bits per heavy atom. The van der Waals surface area contributed by atoms with Crippen molar-refractivity contribution in [3.8, 4) is 0 Å². The van der Waals surface area contributed by atoms with Gasteiger partial charge in [0.1, 0.15) is 5.60 Å². The van der Waals surface area contributed by atoms with Gasteiger partial charge in [0.15, 0.2) is 0 Å². The summed E-state index contributed by atoms with van der Waals surface area (Å²) in [4.78, 5) is 26.7. The van der Waals surface area contributed by atoms with Crippen LogP contribution in [0.15, 0.2) is 24.3 Å². The molecule has 27 heavy (non-hydrogen) atoms. The van der Waals surface area contributed by atoms with Crippen LogP contribution in [0.25, 0.3) is 0 Å². The standard InChI is InChI=1S/C21H33N3O3/c1-16-9-5-6-13-24(16)14-8-12-22-19(25)17-10-7-11-18(15-17)23-20(26)27-21(2,3)4/h7,10-11,15-16H,5-6,8-9,12-14H2,1-4H3,(H,22,25)(H,23,26)/t16-/m1/s1. The molecule has 0 aromatic heterocycles. The average Bonchev–Trinajstić information content (AvgIpc) is 2.58. The second-order valence-electron chi connectivity index (χ2n) is 8.20. The zero-order valence-electron chi connectivity index (χ0n) is 17.0. The molecule has 0 spiro atoms. The number of benzene rings is 1. The number of nitrogens with one attached hydrogen (secondary N) is 2. The van der Waals surface area contributed by atoms with E-state index in [-0.39, 0.29) is 5.91 Å². The normalized spacial score (nSPS) is 18.0. The van der Waals surface area contributed by atoms with Gasteiger partial charge in [-0.05, 0) is 71.7 Å². The van der Waals surface area contributed by atoms with Crippen molar-refractivity contribution >= 4 is 17.7 Å². The molecule has 6 heteroatoms. The third kappa shape index (κ3) is 7.59. The summed E-state index contributed by atoms with van der Waals surface area (Å²) in [5, 5.41) is 5.62. The van der Waals surface area contributed by atoms with E-state index in [4.69, 9.17) is 4.74 Å². The second kappa shape index (κ2) is 9.74. The van der Waals surface area contributed by atoms with E-state index < -0.39 is 11.7 Å². The number of likely N-dealkylation sites (tertiary alicyclic amines) is 1. The predicted octanol–water partition coefficient (Wildman–Crippen LogP) is 4.03. The molecule has 1 heterocycles. The first-order valence-electron chi connectivity index (χ1n) is 9.87. The van der Waals surface area contributed by atoms with Crippen LogP contribution in [0.4, 0.5) is 10.5 Å². The van der Waals surface area contributed by atoms with Gasteiger partial charge in [0.25, 0.3) is 5.91 Å². The summed E-state index contributed by atoms with van der Waals surface area (Å²) in [5.41, 5.74) is 0.499. The van der Waals surface area contributed by atoms with Crippen LogP contribution in [0.3, 0.4) is 0 Å². The molecule has 1 fully saturated rings. The molecule has 2 N–H and O–H groups in total. The van der Waals surface area contributed by atoms with Crippen LogP contribution in [0.2, 0.25) is 0 Å². The van der Waals surface area contributed by atoms with Gasteiger partial charge in [0.2, 0.25) is 0 Å². The Bertz CT molecular complexity index is 640. The third-order valence-corrected chi connectivity index (χ3v) is 4.62. The minimum atomic E-state index is -0.565. The smallest absolute Gasteiger partial charge is 0.412 e. The van der Waals surface area contributed by atoms with Crippen LogP contribution in [-0.4, -0.2) is 48.2 Å². The van der Waals surface area contributed by atoms with Crippen molar-refractivity contribution in [1.82, 2.24) is 10.2 Å². The predicted molar refractivity (Wildman–Crippen MR) is 108 cm³/mol. The molecule has 6 nitrogen and oxygen atoms in total. The zero-order valence-corrected chi connectivity index (χ0v) is 17.0. The van der Waals surface area contributed by atoms with E-state index in [1.807, 2.05) is 0 Å². The van der Waals surface area contributed by atoms with Crippen LogP contribution in [-0.2, 0) is 4.74 Å². The van der Waals surface area contributed by atoms with E-state index >= 15 is 0 Å². The van der Waals surface area contributed by atoms with Gasteiger partial charge in [-0.25, -0.2) is 4.79 Å². The quantitative estimate of drug-likeness (QED) is 0.737. The van der Waals surface area contributed by atoms with Gasteiger partial charge in [-0.1, -0.05) is 12.5 Å². The molecule has 1 saturated heterocycles. The van der Waals surface area contributed by atoms with Crippen molar-refractivity contribution in [3.63, 3.8) is 0 Å². The molecular weight excluding hydrogens is 342 g/mol. The Labute approximate surface area is 162 Å². The highest BCUT2D eigenvalue weighted by Crippen LogP contribution is 2.16. The maximum absolute atomic E-state index is 12.4. The second-order valence-corrected chi connectivity index (χ2v) is 8.20. The summed E-state index contributed by atoms with van der Waals surface area (Å²) in [6.07, 6.45) is 4.27. The molecular formula is C21H33N3O3. The summed E-state index contributed by atoms with van der Waals surface area (Å²) in [7, 11) is 0. The molecule has 1 aliphatic rings. The summed E-state index contributed by atoms with van der Waals surface area (Å²) in [5.74, 6) is -0.130. The summed E-state index contributed by atoms with van der Waals surface area (Å²) >= 11 is 0. The molecule has 2 amide bonds. The van der Waals surface area contributed by atoms with Gasteiger partial charge >= 0.3 is 6.09 Å².